The molecule has 1 aliphatic carbocycles. The second-order valence-electron chi connectivity index (χ2n) is 7.77. The standard InChI is InChI=1S/C22H20O11/c23-9-3-1-8(2-4-9)13-6-11(24)16-14(32-13)7-15(19(28)20(16)29)33-22(31)10-5-12(25)18(27)21(30)17(10)26/h1-4,6-7,10,12,17-18,21,23,25-30H,5H2/t10-,12+,17+,18-,21-/m0/s1. The number of phenolic OH excluding ortho intramolecular Hbond substituents is 3. The number of aliphatic hydroxyl groups excluding tert-OH is 4. The summed E-state index contributed by atoms with van der Waals surface area (Å²) in [5.41, 5.74) is -0.513. The zero-order chi connectivity index (χ0) is 24.0. The summed E-state index contributed by atoms with van der Waals surface area (Å²) in [5.74, 6) is -5.00. The van der Waals surface area contributed by atoms with E-state index in [0.29, 0.717) is 5.56 Å². The van der Waals surface area contributed by atoms with Crippen molar-refractivity contribution in [2.45, 2.75) is 30.8 Å². The summed E-state index contributed by atoms with van der Waals surface area (Å²) in [6.45, 7) is 0. The summed E-state index contributed by atoms with van der Waals surface area (Å²) >= 11 is 0. The molecule has 1 aliphatic rings. The molecule has 1 heterocycles. The first kappa shape index (κ1) is 22.6. The third-order valence-electron chi connectivity index (χ3n) is 5.60. The maximum Gasteiger partial charge on any atom is 0.317 e. The molecule has 1 aromatic heterocycles. The van der Waals surface area contributed by atoms with E-state index in [0.717, 1.165) is 12.1 Å². The van der Waals surface area contributed by atoms with Crippen LogP contribution in [0.15, 0.2) is 45.6 Å². The highest BCUT2D eigenvalue weighted by molar-refractivity contribution is 5.90. The molecule has 0 spiro atoms. The van der Waals surface area contributed by atoms with Crippen molar-refractivity contribution in [1.29, 1.82) is 0 Å². The molecule has 0 bridgehead atoms. The van der Waals surface area contributed by atoms with Crippen molar-refractivity contribution >= 4 is 16.9 Å². The molecule has 0 radical (unpaired) electrons. The zero-order valence-electron chi connectivity index (χ0n) is 16.8. The number of hydrogen-bond acceptors (Lipinski definition) is 11. The average Bonchev–Trinajstić information content (AvgIpc) is 2.78. The van der Waals surface area contributed by atoms with E-state index in [9.17, 15) is 45.3 Å². The Morgan fingerprint density at radius 2 is 1.58 bits per heavy atom. The third kappa shape index (κ3) is 3.98. The van der Waals surface area contributed by atoms with Gasteiger partial charge in [0.1, 0.15) is 34.7 Å². The minimum absolute atomic E-state index is 0.00805. The Morgan fingerprint density at radius 3 is 2.24 bits per heavy atom. The number of aliphatic hydroxyl groups is 4. The molecule has 5 atom stereocenters. The third-order valence-corrected chi connectivity index (χ3v) is 5.60. The van der Waals surface area contributed by atoms with Crippen LogP contribution in [0.2, 0.25) is 0 Å². The minimum atomic E-state index is -1.81. The smallest absolute Gasteiger partial charge is 0.317 e. The van der Waals surface area contributed by atoms with Crippen molar-refractivity contribution in [3.8, 4) is 34.3 Å². The topological polar surface area (TPSA) is 198 Å². The number of phenols is 3. The van der Waals surface area contributed by atoms with Gasteiger partial charge in [-0.3, -0.25) is 9.59 Å². The second-order valence-corrected chi connectivity index (χ2v) is 7.77. The molecule has 0 unspecified atom stereocenters. The van der Waals surface area contributed by atoms with E-state index in [-0.39, 0.29) is 22.5 Å². The lowest BCUT2D eigenvalue weighted by Gasteiger charge is -2.36. The maximum atomic E-state index is 12.6. The summed E-state index contributed by atoms with van der Waals surface area (Å²) in [6.07, 6.45) is -7.17. The number of hydrogen-bond donors (Lipinski definition) is 7. The summed E-state index contributed by atoms with van der Waals surface area (Å²) in [7, 11) is 0. The highest BCUT2D eigenvalue weighted by Crippen LogP contribution is 2.42. The van der Waals surface area contributed by atoms with Crippen molar-refractivity contribution < 1.29 is 49.7 Å². The van der Waals surface area contributed by atoms with E-state index >= 15 is 0 Å². The molecule has 0 aliphatic heterocycles. The maximum absolute atomic E-state index is 12.6. The summed E-state index contributed by atoms with van der Waals surface area (Å²) < 4.78 is 10.7. The Balaban J connectivity index is 1.72. The largest absolute Gasteiger partial charge is 0.508 e. The van der Waals surface area contributed by atoms with Gasteiger partial charge in [0.15, 0.2) is 16.9 Å². The van der Waals surface area contributed by atoms with Crippen LogP contribution in [-0.2, 0) is 4.79 Å². The van der Waals surface area contributed by atoms with E-state index in [1.54, 1.807) is 0 Å². The van der Waals surface area contributed by atoms with Crippen LogP contribution in [0.4, 0.5) is 0 Å². The molecule has 3 aromatic rings. The first-order valence-electron chi connectivity index (χ1n) is 9.84. The van der Waals surface area contributed by atoms with Gasteiger partial charge in [-0.2, -0.15) is 0 Å². The van der Waals surface area contributed by atoms with E-state index < -0.39 is 65.4 Å². The van der Waals surface area contributed by atoms with Gasteiger partial charge in [0.2, 0.25) is 5.75 Å². The Bertz CT molecular complexity index is 1260. The number of carbonyl (C=O) groups is 1. The fourth-order valence-electron chi connectivity index (χ4n) is 3.74. The fraction of sp³-hybridized carbons (Fsp3) is 0.273. The molecule has 0 amide bonds. The predicted octanol–water partition coefficient (Wildman–Crippen LogP) is -0.0543. The van der Waals surface area contributed by atoms with Crippen molar-refractivity contribution in [3.05, 3.63) is 46.6 Å². The molecular weight excluding hydrogens is 440 g/mol. The Kier molecular flexibility index (Phi) is 5.72. The van der Waals surface area contributed by atoms with Gasteiger partial charge >= 0.3 is 5.97 Å². The number of carbonyl (C=O) groups excluding carboxylic acids is 1. The highest BCUT2D eigenvalue weighted by atomic mass is 16.5. The summed E-state index contributed by atoms with van der Waals surface area (Å²) in [5, 5.41) is 68.9. The fourth-order valence-corrected chi connectivity index (χ4v) is 3.74. The lowest BCUT2D eigenvalue weighted by molar-refractivity contribution is -0.176. The van der Waals surface area contributed by atoms with Crippen LogP contribution >= 0.6 is 0 Å². The number of rotatable bonds is 3. The van der Waals surface area contributed by atoms with Gasteiger partial charge in [-0.05, 0) is 30.7 Å². The quantitative estimate of drug-likeness (QED) is 0.157. The monoisotopic (exact) mass is 460 g/mol. The molecule has 1 saturated carbocycles. The lowest BCUT2D eigenvalue weighted by Crippen LogP contribution is -2.56. The number of esters is 1. The highest BCUT2D eigenvalue weighted by Gasteiger charge is 2.46. The molecule has 0 saturated heterocycles. The SMILES string of the molecule is O=C(Oc1cc2oc(-c3ccc(O)cc3)cc(=O)c2c(O)c1O)[C@H]1C[C@@H](O)[C@H](O)[C@@H](O)[C@@H]1O. The average molecular weight is 460 g/mol. The molecule has 2 aromatic carbocycles. The van der Waals surface area contributed by atoms with Crippen LogP contribution in [0.3, 0.4) is 0 Å². The first-order valence-corrected chi connectivity index (χ1v) is 9.84. The van der Waals surface area contributed by atoms with Gasteiger partial charge in [-0.15, -0.1) is 0 Å². The molecule has 11 heteroatoms. The molecule has 174 valence electrons. The van der Waals surface area contributed by atoms with Crippen LogP contribution in [0, 0.1) is 5.92 Å². The van der Waals surface area contributed by atoms with E-state index in [2.05, 4.69) is 0 Å². The van der Waals surface area contributed by atoms with Gasteiger partial charge in [0.25, 0.3) is 0 Å². The summed E-state index contributed by atoms with van der Waals surface area (Å²) in [4.78, 5) is 25.1. The van der Waals surface area contributed by atoms with E-state index in [4.69, 9.17) is 9.15 Å². The van der Waals surface area contributed by atoms with Gasteiger partial charge in [0, 0.05) is 17.7 Å². The Morgan fingerprint density at radius 1 is 0.909 bits per heavy atom. The van der Waals surface area contributed by atoms with Gasteiger partial charge in [-0.25, -0.2) is 0 Å². The Labute approximate surface area is 185 Å². The van der Waals surface area contributed by atoms with Crippen LogP contribution < -0.4 is 10.2 Å². The summed E-state index contributed by atoms with van der Waals surface area (Å²) in [6, 6.07) is 7.77. The van der Waals surface area contributed by atoms with Crippen molar-refractivity contribution in [1.82, 2.24) is 0 Å². The van der Waals surface area contributed by atoms with Crippen molar-refractivity contribution in [2.75, 3.05) is 0 Å². The molecule has 4 rings (SSSR count). The zero-order valence-corrected chi connectivity index (χ0v) is 16.8. The van der Waals surface area contributed by atoms with Crippen LogP contribution in [0.25, 0.3) is 22.3 Å². The molecule has 11 nitrogen and oxygen atoms in total. The molecular formula is C22H20O11. The van der Waals surface area contributed by atoms with Crippen LogP contribution in [-0.4, -0.2) is 66.1 Å². The number of aromatic hydroxyl groups is 3. The minimum Gasteiger partial charge on any atom is -0.508 e. The van der Waals surface area contributed by atoms with Crippen LogP contribution in [0.5, 0.6) is 23.0 Å². The number of ether oxygens (including phenoxy) is 1. The normalized spacial score (nSPS) is 25.2. The van der Waals surface area contributed by atoms with Crippen molar-refractivity contribution in [2.24, 2.45) is 5.92 Å². The van der Waals surface area contributed by atoms with Crippen molar-refractivity contribution in [3.63, 3.8) is 0 Å². The van der Waals surface area contributed by atoms with Gasteiger partial charge < -0.3 is 44.9 Å². The van der Waals surface area contributed by atoms with E-state index in [1.807, 2.05) is 0 Å². The van der Waals surface area contributed by atoms with Gasteiger partial charge in [0.05, 0.1) is 18.1 Å². The number of benzene rings is 2. The number of fused-ring (bicyclic) bond motifs is 1. The lowest BCUT2D eigenvalue weighted by atomic mass is 9.81. The van der Waals surface area contributed by atoms with E-state index in [1.165, 1.54) is 24.3 Å². The second kappa shape index (κ2) is 8.37. The molecule has 7 N–H and O–H groups in total. The molecule has 1 fully saturated rings. The van der Waals surface area contributed by atoms with Gasteiger partial charge in [-0.1, -0.05) is 0 Å². The van der Waals surface area contributed by atoms with Crippen LogP contribution in [0.1, 0.15) is 6.42 Å². The first-order chi connectivity index (χ1) is 15.6. The predicted molar refractivity (Wildman–Crippen MR) is 111 cm³/mol. The Hall–Kier alpha value is -3.64. The molecule has 33 heavy (non-hydrogen) atoms.